The highest BCUT2D eigenvalue weighted by Gasteiger charge is 2.25. The molecule has 6 heteroatoms. The maximum Gasteiger partial charge on any atom is 0.213 e. The predicted octanol–water partition coefficient (Wildman–Crippen LogP) is 1.43. The van der Waals surface area contributed by atoms with Gasteiger partial charge in [0.15, 0.2) is 6.29 Å². The van der Waals surface area contributed by atoms with E-state index in [1.54, 1.807) is 0 Å². The van der Waals surface area contributed by atoms with Crippen LogP contribution in [-0.4, -0.2) is 53.8 Å². The van der Waals surface area contributed by atoms with Crippen LogP contribution in [0.25, 0.3) is 0 Å². The van der Waals surface area contributed by atoms with Crippen LogP contribution in [0.3, 0.4) is 0 Å². The Balaban J connectivity index is 0.000000253. The molecule has 1 heterocycles. The Hall–Kier alpha value is -1.02. The first kappa shape index (κ1) is 20.0. The van der Waals surface area contributed by atoms with Crippen molar-refractivity contribution in [1.29, 1.82) is 0 Å². The SMILES string of the molecule is CCOC1CCCCO1.OCC(O)(CO)OCc1ccccc1. The minimum absolute atomic E-state index is 0.101. The summed E-state index contributed by atoms with van der Waals surface area (Å²) in [4.78, 5) is 0. The van der Waals surface area contributed by atoms with Gasteiger partial charge in [-0.15, -0.1) is 0 Å². The molecule has 1 unspecified atom stereocenters. The summed E-state index contributed by atoms with van der Waals surface area (Å²) in [6.07, 6.45) is 3.63. The molecule has 0 aliphatic carbocycles. The van der Waals surface area contributed by atoms with Gasteiger partial charge in [0, 0.05) is 13.2 Å². The van der Waals surface area contributed by atoms with E-state index in [0.717, 1.165) is 25.2 Å². The standard InChI is InChI=1S/C10H14O4.C7H14O2/c11-7-10(13,8-12)14-6-9-4-2-1-3-5-9;1-2-8-7-5-3-4-6-9-7/h1-5,11-13H,6-8H2;7H,2-6H2,1H3. The lowest BCUT2D eigenvalue weighted by Gasteiger charge is -2.23. The van der Waals surface area contributed by atoms with E-state index in [1.807, 2.05) is 37.3 Å². The van der Waals surface area contributed by atoms with E-state index in [4.69, 9.17) is 24.4 Å². The number of hydrogen-bond donors (Lipinski definition) is 3. The molecular weight excluding hydrogens is 300 g/mol. The number of rotatable bonds is 7. The third kappa shape index (κ3) is 8.41. The van der Waals surface area contributed by atoms with Crippen LogP contribution in [0.1, 0.15) is 31.7 Å². The second kappa shape index (κ2) is 11.5. The van der Waals surface area contributed by atoms with Crippen LogP contribution in [0.15, 0.2) is 30.3 Å². The topological polar surface area (TPSA) is 88.4 Å². The molecule has 0 bridgehead atoms. The van der Waals surface area contributed by atoms with Gasteiger partial charge in [0.05, 0.1) is 19.8 Å². The van der Waals surface area contributed by atoms with Crippen molar-refractivity contribution < 1.29 is 29.5 Å². The van der Waals surface area contributed by atoms with Crippen LogP contribution in [0.2, 0.25) is 0 Å². The normalized spacial score (nSPS) is 18.2. The van der Waals surface area contributed by atoms with Crippen molar-refractivity contribution in [2.24, 2.45) is 0 Å². The number of aliphatic hydroxyl groups is 3. The maximum atomic E-state index is 9.37. The van der Waals surface area contributed by atoms with Crippen LogP contribution in [-0.2, 0) is 20.8 Å². The fourth-order valence-corrected chi connectivity index (χ4v) is 1.96. The highest BCUT2D eigenvalue weighted by molar-refractivity contribution is 5.13. The molecule has 1 atom stereocenters. The van der Waals surface area contributed by atoms with E-state index < -0.39 is 19.0 Å². The van der Waals surface area contributed by atoms with Gasteiger partial charge < -0.3 is 29.5 Å². The zero-order valence-corrected chi connectivity index (χ0v) is 13.7. The molecule has 0 amide bonds. The van der Waals surface area contributed by atoms with E-state index >= 15 is 0 Å². The molecule has 3 N–H and O–H groups in total. The number of aliphatic hydroxyl groups excluding tert-OH is 2. The molecule has 0 spiro atoms. The first-order valence-corrected chi connectivity index (χ1v) is 7.98. The van der Waals surface area contributed by atoms with Crippen LogP contribution >= 0.6 is 0 Å². The van der Waals surface area contributed by atoms with Gasteiger partial charge in [-0.2, -0.15) is 0 Å². The molecule has 1 aromatic rings. The van der Waals surface area contributed by atoms with Crippen molar-refractivity contribution in [3.05, 3.63) is 35.9 Å². The van der Waals surface area contributed by atoms with Crippen molar-refractivity contribution in [3.8, 4) is 0 Å². The fraction of sp³-hybridized carbons (Fsp3) is 0.647. The minimum atomic E-state index is -1.85. The summed E-state index contributed by atoms with van der Waals surface area (Å²) in [7, 11) is 0. The molecule has 1 aliphatic rings. The van der Waals surface area contributed by atoms with E-state index in [-0.39, 0.29) is 12.9 Å². The average molecular weight is 328 g/mol. The Kier molecular flexibility index (Phi) is 10.0. The molecule has 0 saturated carbocycles. The minimum Gasteiger partial charge on any atom is -0.391 e. The predicted molar refractivity (Wildman–Crippen MR) is 85.6 cm³/mol. The first-order chi connectivity index (χ1) is 11.1. The third-order valence-electron chi connectivity index (χ3n) is 3.33. The molecule has 1 fully saturated rings. The van der Waals surface area contributed by atoms with E-state index in [2.05, 4.69) is 0 Å². The molecule has 23 heavy (non-hydrogen) atoms. The lowest BCUT2D eigenvalue weighted by Crippen LogP contribution is -2.40. The third-order valence-corrected chi connectivity index (χ3v) is 3.33. The van der Waals surface area contributed by atoms with Gasteiger partial charge in [-0.05, 0) is 31.7 Å². The molecule has 0 radical (unpaired) electrons. The highest BCUT2D eigenvalue weighted by Crippen LogP contribution is 2.13. The highest BCUT2D eigenvalue weighted by atomic mass is 16.7. The molecule has 1 saturated heterocycles. The van der Waals surface area contributed by atoms with Crippen molar-refractivity contribution in [3.63, 3.8) is 0 Å². The summed E-state index contributed by atoms with van der Waals surface area (Å²) in [5, 5.41) is 26.8. The summed E-state index contributed by atoms with van der Waals surface area (Å²) in [6.45, 7) is 2.54. The molecule has 6 nitrogen and oxygen atoms in total. The van der Waals surface area contributed by atoms with Gasteiger partial charge in [0.1, 0.15) is 0 Å². The van der Waals surface area contributed by atoms with Crippen molar-refractivity contribution in [2.75, 3.05) is 26.4 Å². The van der Waals surface area contributed by atoms with Gasteiger partial charge >= 0.3 is 0 Å². The summed E-state index contributed by atoms with van der Waals surface area (Å²) >= 11 is 0. The molecule has 1 aliphatic heterocycles. The van der Waals surface area contributed by atoms with Crippen LogP contribution < -0.4 is 0 Å². The number of benzene rings is 1. The van der Waals surface area contributed by atoms with Gasteiger partial charge in [0.25, 0.3) is 0 Å². The van der Waals surface area contributed by atoms with Crippen LogP contribution in [0.4, 0.5) is 0 Å². The summed E-state index contributed by atoms with van der Waals surface area (Å²) < 4.78 is 15.5. The summed E-state index contributed by atoms with van der Waals surface area (Å²) in [5.74, 6) is -1.85. The maximum absolute atomic E-state index is 9.37. The van der Waals surface area contributed by atoms with Crippen LogP contribution in [0, 0.1) is 0 Å². The smallest absolute Gasteiger partial charge is 0.213 e. The molecule has 1 aromatic carbocycles. The van der Waals surface area contributed by atoms with Crippen molar-refractivity contribution in [2.45, 2.75) is 44.9 Å². The fourth-order valence-electron chi connectivity index (χ4n) is 1.96. The van der Waals surface area contributed by atoms with Gasteiger partial charge in [-0.25, -0.2) is 0 Å². The van der Waals surface area contributed by atoms with Gasteiger partial charge in [-0.1, -0.05) is 30.3 Å². The van der Waals surface area contributed by atoms with E-state index in [1.165, 1.54) is 12.8 Å². The molecular formula is C17H28O6. The summed E-state index contributed by atoms with van der Waals surface area (Å²) in [5.41, 5.74) is 0.868. The zero-order valence-electron chi connectivity index (χ0n) is 13.7. The Labute approximate surface area is 137 Å². The zero-order chi connectivity index (χ0) is 17.0. The average Bonchev–Trinajstić information content (AvgIpc) is 2.62. The van der Waals surface area contributed by atoms with Crippen molar-refractivity contribution >= 4 is 0 Å². The van der Waals surface area contributed by atoms with Gasteiger partial charge in [-0.3, -0.25) is 0 Å². The van der Waals surface area contributed by atoms with E-state index in [0.29, 0.717) is 0 Å². The number of hydrogen-bond acceptors (Lipinski definition) is 6. The largest absolute Gasteiger partial charge is 0.391 e. The Morgan fingerprint density at radius 2 is 1.87 bits per heavy atom. The van der Waals surface area contributed by atoms with Gasteiger partial charge in [0.2, 0.25) is 5.79 Å². The lowest BCUT2D eigenvalue weighted by molar-refractivity contribution is -0.248. The molecule has 132 valence electrons. The molecule has 2 rings (SSSR count). The Morgan fingerprint density at radius 1 is 1.17 bits per heavy atom. The Bertz CT molecular complexity index is 385. The van der Waals surface area contributed by atoms with Crippen molar-refractivity contribution in [1.82, 2.24) is 0 Å². The second-order valence-electron chi connectivity index (χ2n) is 5.29. The Morgan fingerprint density at radius 3 is 2.39 bits per heavy atom. The summed E-state index contributed by atoms with van der Waals surface area (Å²) in [6, 6.07) is 9.21. The van der Waals surface area contributed by atoms with E-state index in [9.17, 15) is 5.11 Å². The monoisotopic (exact) mass is 328 g/mol. The van der Waals surface area contributed by atoms with Crippen LogP contribution in [0.5, 0.6) is 0 Å². The quantitative estimate of drug-likeness (QED) is 0.656. The lowest BCUT2D eigenvalue weighted by atomic mass is 10.2. The number of ether oxygens (including phenoxy) is 3. The first-order valence-electron chi connectivity index (χ1n) is 7.98. The molecule has 0 aromatic heterocycles. The second-order valence-corrected chi connectivity index (χ2v) is 5.29.